The van der Waals surface area contributed by atoms with Crippen molar-refractivity contribution in [3.63, 3.8) is 0 Å². The van der Waals surface area contributed by atoms with Gasteiger partial charge in [0.2, 0.25) is 0 Å². The summed E-state index contributed by atoms with van der Waals surface area (Å²) in [5.74, 6) is 0.186. The Balaban J connectivity index is 1.09. The van der Waals surface area contributed by atoms with E-state index in [1.54, 1.807) is 30.7 Å². The lowest BCUT2D eigenvalue weighted by Crippen LogP contribution is -2.79. The van der Waals surface area contributed by atoms with Crippen LogP contribution in [-0.2, 0) is 16.5 Å². The summed E-state index contributed by atoms with van der Waals surface area (Å²) in [6.45, 7) is 0. The third kappa shape index (κ3) is 3.66. The molecular formula is C24H20ClF3N4O3. The van der Waals surface area contributed by atoms with Crippen molar-refractivity contribution in [2.45, 2.75) is 55.1 Å². The molecule has 35 heavy (non-hydrogen) atoms. The Bertz CT molecular complexity index is 1300. The maximum atomic E-state index is 12.9. The van der Waals surface area contributed by atoms with Gasteiger partial charge in [0.15, 0.2) is 6.10 Å². The Morgan fingerprint density at radius 1 is 1.20 bits per heavy atom. The van der Waals surface area contributed by atoms with Gasteiger partial charge in [0.1, 0.15) is 11.4 Å². The number of fused-ring (bicyclic) bond motifs is 1. The predicted molar refractivity (Wildman–Crippen MR) is 119 cm³/mol. The van der Waals surface area contributed by atoms with Gasteiger partial charge in [-0.05, 0) is 49.6 Å². The van der Waals surface area contributed by atoms with E-state index in [0.29, 0.717) is 46.9 Å². The maximum Gasteiger partial charge on any atom is 0.433 e. The van der Waals surface area contributed by atoms with Crippen LogP contribution in [0.4, 0.5) is 13.2 Å². The topological polar surface area (TPSA) is 89.3 Å². The summed E-state index contributed by atoms with van der Waals surface area (Å²) in [6.07, 6.45) is 0.818. The van der Waals surface area contributed by atoms with Crippen molar-refractivity contribution in [3.05, 3.63) is 65.3 Å². The molecule has 1 aliphatic heterocycles. The van der Waals surface area contributed by atoms with Gasteiger partial charge in [0.25, 0.3) is 5.91 Å². The van der Waals surface area contributed by atoms with Crippen LogP contribution >= 0.6 is 11.6 Å². The Labute approximate surface area is 202 Å². The van der Waals surface area contributed by atoms with Gasteiger partial charge in [0, 0.05) is 40.5 Å². The number of halogens is 4. The van der Waals surface area contributed by atoms with Crippen molar-refractivity contribution < 1.29 is 27.8 Å². The molecule has 182 valence electrons. The SMILES string of the molecule is O=C(NC12CC(n3cnc(-c4ccc(C(F)(F)F)nc4)c3)(C1)C2)[C@@H]1C[C@@H](O)c2cc(Cl)ccc2O1. The second kappa shape index (κ2) is 7.44. The number of imidazole rings is 1. The standard InChI is InChI=1S/C24H20ClF3N4O3/c25-14-2-3-18-15(5-14)17(33)6-19(35-18)21(34)31-22-9-23(10-22,11-22)32-8-16(30-12-32)13-1-4-20(29-7-13)24(26,27)28/h1-5,7-8,12,17,19,33H,6,9-11H2,(H,31,34)/t17-,19+,22?,23?/m1/s1. The van der Waals surface area contributed by atoms with E-state index in [2.05, 4.69) is 15.3 Å². The molecule has 3 aromatic rings. The van der Waals surface area contributed by atoms with Crippen molar-refractivity contribution in [3.8, 4) is 17.0 Å². The monoisotopic (exact) mass is 504 g/mol. The molecule has 2 atom stereocenters. The first-order valence-corrected chi connectivity index (χ1v) is 11.5. The normalized spacial score (nSPS) is 28.8. The quantitative estimate of drug-likeness (QED) is 0.554. The van der Waals surface area contributed by atoms with Gasteiger partial charge in [-0.1, -0.05) is 11.6 Å². The van der Waals surface area contributed by atoms with Crippen LogP contribution in [0.5, 0.6) is 5.75 Å². The first-order chi connectivity index (χ1) is 16.6. The molecule has 3 saturated carbocycles. The molecule has 0 saturated heterocycles. The number of nitrogens with one attached hydrogen (secondary N) is 1. The zero-order valence-corrected chi connectivity index (χ0v) is 19.0. The molecule has 2 N–H and O–H groups in total. The highest BCUT2D eigenvalue weighted by Gasteiger charge is 2.70. The molecule has 0 radical (unpaired) electrons. The fourth-order valence-corrected chi connectivity index (χ4v) is 5.69. The van der Waals surface area contributed by atoms with Crippen LogP contribution in [0.2, 0.25) is 5.02 Å². The lowest BCUT2D eigenvalue weighted by Gasteiger charge is -2.70. The van der Waals surface area contributed by atoms with Gasteiger partial charge in [-0.15, -0.1) is 0 Å². The molecule has 7 nitrogen and oxygen atoms in total. The van der Waals surface area contributed by atoms with Crippen molar-refractivity contribution in [2.24, 2.45) is 0 Å². The number of carbonyl (C=O) groups excluding carboxylic acids is 1. The number of rotatable bonds is 4. The van der Waals surface area contributed by atoms with Crippen molar-refractivity contribution in [1.82, 2.24) is 19.9 Å². The largest absolute Gasteiger partial charge is 0.480 e. The Morgan fingerprint density at radius 2 is 1.97 bits per heavy atom. The number of carbonyl (C=O) groups is 1. The molecule has 3 aliphatic carbocycles. The van der Waals surface area contributed by atoms with Crippen LogP contribution < -0.4 is 10.1 Å². The highest BCUT2D eigenvalue weighted by Crippen LogP contribution is 2.65. The van der Waals surface area contributed by atoms with Gasteiger partial charge in [-0.25, -0.2) is 4.98 Å². The number of hydrogen-bond acceptors (Lipinski definition) is 5. The second-order valence-electron chi connectivity index (χ2n) is 9.66. The first kappa shape index (κ1) is 22.4. The lowest BCUT2D eigenvalue weighted by molar-refractivity contribution is -0.161. The number of aliphatic hydroxyl groups excluding tert-OH is 1. The maximum absolute atomic E-state index is 12.9. The van der Waals surface area contributed by atoms with E-state index in [1.165, 1.54) is 12.3 Å². The highest BCUT2D eigenvalue weighted by molar-refractivity contribution is 6.30. The average Bonchev–Trinajstić information content (AvgIpc) is 3.25. The zero-order valence-electron chi connectivity index (χ0n) is 18.2. The molecule has 1 amide bonds. The smallest absolute Gasteiger partial charge is 0.433 e. The minimum absolute atomic E-state index is 0.145. The van der Waals surface area contributed by atoms with E-state index in [-0.39, 0.29) is 23.4 Å². The van der Waals surface area contributed by atoms with Gasteiger partial charge in [0.05, 0.1) is 23.7 Å². The number of ether oxygens (including phenoxy) is 1. The summed E-state index contributed by atoms with van der Waals surface area (Å²) in [6, 6.07) is 7.24. The van der Waals surface area contributed by atoms with Crippen LogP contribution in [0, 0.1) is 0 Å². The summed E-state index contributed by atoms with van der Waals surface area (Å²) in [4.78, 5) is 20.7. The third-order valence-corrected chi connectivity index (χ3v) is 7.44. The van der Waals surface area contributed by atoms with Crippen molar-refractivity contribution >= 4 is 17.5 Å². The second-order valence-corrected chi connectivity index (χ2v) is 10.1. The Hall–Kier alpha value is -3.11. The molecule has 2 bridgehead atoms. The molecule has 3 heterocycles. The molecule has 0 spiro atoms. The van der Waals surface area contributed by atoms with E-state index < -0.39 is 24.1 Å². The van der Waals surface area contributed by atoms with Crippen LogP contribution in [0.15, 0.2) is 49.1 Å². The number of benzene rings is 1. The molecule has 3 fully saturated rings. The minimum Gasteiger partial charge on any atom is -0.480 e. The van der Waals surface area contributed by atoms with E-state index in [4.69, 9.17) is 16.3 Å². The van der Waals surface area contributed by atoms with E-state index in [1.807, 2.05) is 4.57 Å². The van der Waals surface area contributed by atoms with Crippen LogP contribution in [0.1, 0.15) is 43.0 Å². The third-order valence-electron chi connectivity index (χ3n) is 7.20. The summed E-state index contributed by atoms with van der Waals surface area (Å²) in [7, 11) is 0. The van der Waals surface area contributed by atoms with Crippen LogP contribution in [0.25, 0.3) is 11.3 Å². The molecule has 1 aromatic carbocycles. The van der Waals surface area contributed by atoms with Gasteiger partial charge in [-0.3, -0.25) is 9.78 Å². The first-order valence-electron chi connectivity index (χ1n) is 11.1. The Morgan fingerprint density at radius 3 is 2.66 bits per heavy atom. The van der Waals surface area contributed by atoms with Crippen LogP contribution in [0.3, 0.4) is 0 Å². The summed E-state index contributed by atoms with van der Waals surface area (Å²) in [5.41, 5.74) is 0.170. The number of amides is 1. The predicted octanol–water partition coefficient (Wildman–Crippen LogP) is 4.25. The number of alkyl halides is 3. The number of nitrogens with zero attached hydrogens (tertiary/aromatic N) is 3. The molecule has 11 heteroatoms. The fraction of sp³-hybridized carbons (Fsp3) is 0.375. The lowest BCUT2D eigenvalue weighted by atomic mass is 9.44. The average molecular weight is 505 g/mol. The number of pyridine rings is 1. The highest BCUT2D eigenvalue weighted by atomic mass is 35.5. The zero-order chi connectivity index (χ0) is 24.6. The summed E-state index contributed by atoms with van der Waals surface area (Å²) in [5, 5.41) is 14.0. The van der Waals surface area contributed by atoms with E-state index >= 15 is 0 Å². The summed E-state index contributed by atoms with van der Waals surface area (Å²) < 4.78 is 46.0. The number of hydrogen-bond donors (Lipinski definition) is 2. The molecule has 0 unspecified atom stereocenters. The fourth-order valence-electron chi connectivity index (χ4n) is 5.51. The molecule has 7 rings (SSSR count). The minimum atomic E-state index is -4.49. The number of aliphatic hydroxyl groups is 1. The summed E-state index contributed by atoms with van der Waals surface area (Å²) >= 11 is 5.99. The molecular weight excluding hydrogens is 485 g/mol. The van der Waals surface area contributed by atoms with Gasteiger partial charge in [-0.2, -0.15) is 13.2 Å². The Kier molecular flexibility index (Phi) is 4.76. The van der Waals surface area contributed by atoms with Crippen LogP contribution in [-0.4, -0.2) is 37.2 Å². The van der Waals surface area contributed by atoms with Gasteiger partial charge >= 0.3 is 6.18 Å². The van der Waals surface area contributed by atoms with Crippen molar-refractivity contribution in [1.29, 1.82) is 0 Å². The van der Waals surface area contributed by atoms with E-state index in [9.17, 15) is 23.1 Å². The van der Waals surface area contributed by atoms with Gasteiger partial charge < -0.3 is 19.7 Å². The number of aromatic nitrogens is 3. The van der Waals surface area contributed by atoms with E-state index in [0.717, 1.165) is 6.07 Å². The van der Waals surface area contributed by atoms with Crippen molar-refractivity contribution in [2.75, 3.05) is 0 Å². The molecule has 4 aliphatic rings. The molecule has 2 aromatic heterocycles.